The van der Waals surface area contributed by atoms with Gasteiger partial charge in [-0.3, -0.25) is 4.79 Å². The van der Waals surface area contributed by atoms with Crippen LogP contribution in [0.1, 0.15) is 17.3 Å². The first-order valence-electron chi connectivity index (χ1n) is 5.59. The van der Waals surface area contributed by atoms with Crippen molar-refractivity contribution in [2.45, 2.75) is 18.2 Å². The molecule has 1 rings (SSSR count). The first-order valence-corrected chi connectivity index (χ1v) is 7.67. The number of benzene rings is 1. The second kappa shape index (κ2) is 7.12. The number of thioether (sulfide) groups is 1. The molecule has 1 aromatic rings. The Morgan fingerprint density at radius 1 is 1.63 bits per heavy atom. The number of carbonyl (C=O) groups excluding carboxylic acids is 1. The molecule has 0 saturated carbocycles. The molecule has 2 atom stereocenters. The van der Waals surface area contributed by atoms with Gasteiger partial charge in [-0.05, 0) is 25.3 Å². The Balaban J connectivity index is 3.09. The maximum absolute atomic E-state index is 13.8. The van der Waals surface area contributed by atoms with Crippen molar-refractivity contribution < 1.29 is 14.3 Å². The largest absolute Gasteiger partial charge is 0.395 e. The van der Waals surface area contributed by atoms with E-state index in [4.69, 9.17) is 5.73 Å². The van der Waals surface area contributed by atoms with Gasteiger partial charge >= 0.3 is 0 Å². The Morgan fingerprint density at radius 3 is 2.74 bits per heavy atom. The minimum absolute atomic E-state index is 0.0161. The first-order chi connectivity index (χ1) is 8.90. The van der Waals surface area contributed by atoms with Crippen LogP contribution in [0.3, 0.4) is 0 Å². The van der Waals surface area contributed by atoms with Crippen molar-refractivity contribution in [3.05, 3.63) is 28.0 Å². The molecule has 0 fully saturated rings. The van der Waals surface area contributed by atoms with Gasteiger partial charge in [0.15, 0.2) is 0 Å². The van der Waals surface area contributed by atoms with E-state index in [-0.39, 0.29) is 23.5 Å². The SMILES string of the molecule is CSC(CO)C(C)Nc1cc(Br)cc(F)c1C(N)=O. The molecule has 0 bridgehead atoms. The highest BCUT2D eigenvalue weighted by Crippen LogP contribution is 2.26. The molecule has 0 heterocycles. The highest BCUT2D eigenvalue weighted by atomic mass is 79.9. The lowest BCUT2D eigenvalue weighted by Gasteiger charge is -2.23. The van der Waals surface area contributed by atoms with E-state index >= 15 is 0 Å². The highest BCUT2D eigenvalue weighted by Gasteiger charge is 2.20. The second-order valence-electron chi connectivity index (χ2n) is 4.06. The number of aliphatic hydroxyl groups is 1. The van der Waals surface area contributed by atoms with Gasteiger partial charge in [-0.25, -0.2) is 4.39 Å². The van der Waals surface area contributed by atoms with Crippen LogP contribution in [0.5, 0.6) is 0 Å². The summed E-state index contributed by atoms with van der Waals surface area (Å²) in [7, 11) is 0. The number of primary amides is 1. The van der Waals surface area contributed by atoms with Crippen LogP contribution in [0.2, 0.25) is 0 Å². The van der Waals surface area contributed by atoms with Crippen molar-refractivity contribution in [2.24, 2.45) is 5.73 Å². The fourth-order valence-electron chi connectivity index (χ4n) is 1.71. The van der Waals surface area contributed by atoms with Crippen LogP contribution in [0, 0.1) is 5.82 Å². The van der Waals surface area contributed by atoms with Gasteiger partial charge < -0.3 is 16.2 Å². The lowest BCUT2D eigenvalue weighted by molar-refractivity contribution is 0.0997. The van der Waals surface area contributed by atoms with Crippen LogP contribution in [0.4, 0.5) is 10.1 Å². The summed E-state index contributed by atoms with van der Waals surface area (Å²) in [5.41, 5.74) is 5.34. The Morgan fingerprint density at radius 2 is 2.26 bits per heavy atom. The number of halogens is 2. The molecular weight excluding hydrogens is 335 g/mol. The van der Waals surface area contributed by atoms with Crippen LogP contribution in [0.15, 0.2) is 16.6 Å². The van der Waals surface area contributed by atoms with Gasteiger partial charge in [0.2, 0.25) is 0 Å². The molecule has 7 heteroatoms. The third-order valence-corrected chi connectivity index (χ3v) is 4.35. The number of aliphatic hydroxyl groups excluding tert-OH is 1. The Bertz CT molecular complexity index is 469. The molecule has 0 aliphatic heterocycles. The lowest BCUT2D eigenvalue weighted by Crippen LogP contribution is -2.32. The van der Waals surface area contributed by atoms with Crippen LogP contribution >= 0.6 is 27.7 Å². The molecule has 106 valence electrons. The summed E-state index contributed by atoms with van der Waals surface area (Å²) in [5, 5.41) is 12.2. The molecule has 4 nitrogen and oxygen atoms in total. The van der Waals surface area contributed by atoms with Gasteiger partial charge in [0.05, 0.1) is 17.9 Å². The number of amides is 1. The second-order valence-corrected chi connectivity index (χ2v) is 6.06. The number of nitrogens with one attached hydrogen (secondary N) is 1. The summed E-state index contributed by atoms with van der Waals surface area (Å²) >= 11 is 4.66. The van der Waals surface area contributed by atoms with E-state index in [1.165, 1.54) is 17.8 Å². The molecule has 0 aliphatic carbocycles. The summed E-state index contributed by atoms with van der Waals surface area (Å²) in [5.74, 6) is -1.51. The van der Waals surface area contributed by atoms with Crippen molar-refractivity contribution in [1.82, 2.24) is 0 Å². The third-order valence-electron chi connectivity index (χ3n) is 2.72. The zero-order chi connectivity index (χ0) is 14.6. The number of nitrogens with two attached hydrogens (primary N) is 1. The molecule has 19 heavy (non-hydrogen) atoms. The number of hydrogen-bond acceptors (Lipinski definition) is 4. The molecule has 1 amide bonds. The van der Waals surface area contributed by atoms with Gasteiger partial charge in [0, 0.05) is 15.8 Å². The number of rotatable bonds is 6. The Kier molecular flexibility index (Phi) is 6.09. The number of anilines is 1. The van der Waals surface area contributed by atoms with Crippen molar-refractivity contribution in [3.63, 3.8) is 0 Å². The quantitative estimate of drug-likeness (QED) is 0.735. The number of hydrogen-bond donors (Lipinski definition) is 3. The molecule has 0 spiro atoms. The Labute approximate surface area is 124 Å². The predicted molar refractivity (Wildman–Crippen MR) is 80.1 cm³/mol. The first kappa shape index (κ1) is 16.3. The molecular formula is C12H16BrFN2O2S. The van der Waals surface area contributed by atoms with Crippen LogP contribution < -0.4 is 11.1 Å². The molecule has 0 saturated heterocycles. The monoisotopic (exact) mass is 350 g/mol. The summed E-state index contributed by atoms with van der Waals surface area (Å²) < 4.78 is 14.3. The average Bonchev–Trinajstić information content (AvgIpc) is 2.28. The topological polar surface area (TPSA) is 75.3 Å². The van der Waals surface area contributed by atoms with Gasteiger partial charge in [0.1, 0.15) is 5.82 Å². The Hall–Kier alpha value is -0.790. The van der Waals surface area contributed by atoms with E-state index in [0.29, 0.717) is 10.2 Å². The van der Waals surface area contributed by atoms with Crippen molar-refractivity contribution in [1.29, 1.82) is 0 Å². The fourth-order valence-corrected chi connectivity index (χ4v) is 2.77. The zero-order valence-corrected chi connectivity index (χ0v) is 13.0. The summed E-state index contributed by atoms with van der Waals surface area (Å²) in [6, 6.07) is 2.63. The molecule has 0 aliphatic rings. The van der Waals surface area contributed by atoms with Gasteiger partial charge in [0.25, 0.3) is 5.91 Å². The summed E-state index contributed by atoms with van der Waals surface area (Å²) in [6.07, 6.45) is 1.87. The third kappa shape index (κ3) is 4.09. The van der Waals surface area contributed by atoms with Crippen molar-refractivity contribution in [2.75, 3.05) is 18.2 Å². The standard InChI is InChI=1S/C12H16BrFN2O2S/c1-6(10(5-17)19-2)16-9-4-7(13)3-8(14)11(9)12(15)18/h3-4,6,10,16-17H,5H2,1-2H3,(H2,15,18). The average molecular weight is 351 g/mol. The molecule has 0 radical (unpaired) electrons. The maximum Gasteiger partial charge on any atom is 0.253 e. The predicted octanol–water partition coefficient (Wildman–Crippen LogP) is 2.21. The van der Waals surface area contributed by atoms with E-state index < -0.39 is 11.7 Å². The number of carbonyl (C=O) groups is 1. The molecule has 4 N–H and O–H groups in total. The van der Waals surface area contributed by atoms with E-state index in [0.717, 1.165) is 0 Å². The smallest absolute Gasteiger partial charge is 0.253 e. The summed E-state index contributed by atoms with van der Waals surface area (Å²) in [4.78, 5) is 11.3. The van der Waals surface area contributed by atoms with E-state index in [1.54, 1.807) is 6.07 Å². The minimum Gasteiger partial charge on any atom is -0.395 e. The fraction of sp³-hybridized carbons (Fsp3) is 0.417. The highest BCUT2D eigenvalue weighted by molar-refractivity contribution is 9.10. The normalized spacial score (nSPS) is 13.9. The van der Waals surface area contributed by atoms with E-state index in [2.05, 4.69) is 21.2 Å². The van der Waals surface area contributed by atoms with Gasteiger partial charge in [-0.1, -0.05) is 15.9 Å². The molecule has 0 aromatic heterocycles. The van der Waals surface area contributed by atoms with Gasteiger partial charge in [-0.2, -0.15) is 11.8 Å². The van der Waals surface area contributed by atoms with Crippen molar-refractivity contribution in [3.8, 4) is 0 Å². The van der Waals surface area contributed by atoms with E-state index in [9.17, 15) is 14.3 Å². The molecule has 1 aromatic carbocycles. The summed E-state index contributed by atoms with van der Waals surface area (Å²) in [6.45, 7) is 1.83. The zero-order valence-electron chi connectivity index (χ0n) is 10.6. The van der Waals surface area contributed by atoms with E-state index in [1.807, 2.05) is 13.2 Å². The maximum atomic E-state index is 13.8. The van der Waals surface area contributed by atoms with Gasteiger partial charge in [-0.15, -0.1) is 0 Å². The van der Waals surface area contributed by atoms with Crippen LogP contribution in [-0.4, -0.2) is 35.2 Å². The van der Waals surface area contributed by atoms with Crippen molar-refractivity contribution >= 4 is 39.3 Å². The van der Waals surface area contributed by atoms with Crippen LogP contribution in [0.25, 0.3) is 0 Å². The minimum atomic E-state index is -0.829. The molecule has 2 unspecified atom stereocenters. The lowest BCUT2D eigenvalue weighted by atomic mass is 10.1. The van der Waals surface area contributed by atoms with Crippen LogP contribution in [-0.2, 0) is 0 Å².